The largest absolute Gasteiger partial charge is 0.481 e. The van der Waals surface area contributed by atoms with Gasteiger partial charge in [0.15, 0.2) is 0 Å². The summed E-state index contributed by atoms with van der Waals surface area (Å²) in [5.74, 6) is 0.613. The minimum Gasteiger partial charge on any atom is -0.481 e. The summed E-state index contributed by atoms with van der Waals surface area (Å²) in [7, 11) is 1.61. The topological polar surface area (TPSA) is 59.9 Å². The molecule has 0 spiro atoms. The van der Waals surface area contributed by atoms with E-state index in [9.17, 15) is 0 Å². The monoisotopic (exact) mass is 266 g/mol. The first-order valence-electron chi connectivity index (χ1n) is 6.30. The first-order valence-corrected chi connectivity index (χ1v) is 6.30. The zero-order valence-corrected chi connectivity index (χ0v) is 11.1. The van der Waals surface area contributed by atoms with Gasteiger partial charge in [-0.25, -0.2) is 4.98 Å². The maximum atomic E-state index is 5.12. The Kier molecular flexibility index (Phi) is 3.41. The molecule has 1 aromatic carbocycles. The van der Waals surface area contributed by atoms with Gasteiger partial charge < -0.3 is 10.1 Å². The Morgan fingerprint density at radius 3 is 3.00 bits per heavy atom. The van der Waals surface area contributed by atoms with Crippen LogP contribution >= 0.6 is 0 Å². The van der Waals surface area contributed by atoms with Crippen LogP contribution in [-0.4, -0.2) is 22.3 Å². The Morgan fingerprint density at radius 1 is 1.20 bits per heavy atom. The summed E-state index contributed by atoms with van der Waals surface area (Å²) >= 11 is 0. The third-order valence-electron chi connectivity index (χ3n) is 3.04. The summed E-state index contributed by atoms with van der Waals surface area (Å²) in [5, 5.41) is 12.5. The fourth-order valence-electron chi connectivity index (χ4n) is 2.02. The van der Waals surface area contributed by atoms with Crippen molar-refractivity contribution in [2.75, 3.05) is 12.4 Å². The molecule has 3 aromatic rings. The summed E-state index contributed by atoms with van der Waals surface area (Å²) in [6.07, 6.45) is 3.47. The number of ether oxygens (including phenoxy) is 1. The van der Waals surface area contributed by atoms with Gasteiger partial charge in [-0.15, -0.1) is 0 Å². The number of hydrogen-bond acceptors (Lipinski definition) is 5. The van der Waals surface area contributed by atoms with Crippen molar-refractivity contribution >= 4 is 16.6 Å². The highest BCUT2D eigenvalue weighted by molar-refractivity contribution is 5.90. The molecule has 0 aliphatic heterocycles. The van der Waals surface area contributed by atoms with Crippen LogP contribution in [0.25, 0.3) is 10.9 Å². The molecule has 0 aliphatic rings. The summed E-state index contributed by atoms with van der Waals surface area (Å²) in [4.78, 5) is 4.09. The number of hydrogen-bond donors (Lipinski definition) is 1. The van der Waals surface area contributed by atoms with Crippen molar-refractivity contribution in [3.8, 4) is 5.88 Å². The molecular weight excluding hydrogens is 252 g/mol. The lowest BCUT2D eigenvalue weighted by molar-refractivity contribution is 0.397. The number of aromatic nitrogens is 3. The third-order valence-corrected chi connectivity index (χ3v) is 3.04. The maximum absolute atomic E-state index is 5.12. The fourth-order valence-corrected chi connectivity index (χ4v) is 2.02. The van der Waals surface area contributed by atoms with E-state index in [1.165, 1.54) is 0 Å². The molecule has 0 saturated carbocycles. The highest BCUT2D eigenvalue weighted by atomic mass is 16.5. The van der Waals surface area contributed by atoms with E-state index in [0.29, 0.717) is 12.4 Å². The van der Waals surface area contributed by atoms with E-state index < -0.39 is 0 Å². The summed E-state index contributed by atoms with van der Waals surface area (Å²) < 4.78 is 5.12. The van der Waals surface area contributed by atoms with Crippen molar-refractivity contribution in [1.29, 1.82) is 0 Å². The molecule has 0 atom stereocenters. The lowest BCUT2D eigenvalue weighted by Gasteiger charge is -2.09. The molecule has 0 unspecified atom stereocenters. The van der Waals surface area contributed by atoms with Crippen LogP contribution < -0.4 is 10.1 Å². The summed E-state index contributed by atoms with van der Waals surface area (Å²) in [6, 6.07) is 11.8. The zero-order valence-electron chi connectivity index (χ0n) is 11.1. The molecule has 100 valence electrons. The maximum Gasteiger partial charge on any atom is 0.213 e. The van der Waals surface area contributed by atoms with Crippen LogP contribution in [0.5, 0.6) is 5.88 Å². The smallest absolute Gasteiger partial charge is 0.213 e. The van der Waals surface area contributed by atoms with Crippen molar-refractivity contribution in [2.24, 2.45) is 0 Å². The zero-order chi connectivity index (χ0) is 13.8. The lowest BCUT2D eigenvalue weighted by Crippen LogP contribution is -2.02. The average Bonchev–Trinajstić information content (AvgIpc) is 2.53. The Morgan fingerprint density at radius 2 is 2.10 bits per heavy atom. The molecule has 3 rings (SSSR count). The van der Waals surface area contributed by atoms with Gasteiger partial charge >= 0.3 is 0 Å². The van der Waals surface area contributed by atoms with E-state index in [4.69, 9.17) is 4.74 Å². The van der Waals surface area contributed by atoms with Crippen molar-refractivity contribution in [2.45, 2.75) is 6.54 Å². The van der Waals surface area contributed by atoms with E-state index >= 15 is 0 Å². The average molecular weight is 266 g/mol. The Balaban J connectivity index is 1.83. The second kappa shape index (κ2) is 5.52. The van der Waals surface area contributed by atoms with Crippen LogP contribution in [0.3, 0.4) is 0 Å². The molecule has 5 nitrogen and oxygen atoms in total. The molecule has 0 fully saturated rings. The molecule has 0 radical (unpaired) electrons. The van der Waals surface area contributed by atoms with Crippen LogP contribution in [0.1, 0.15) is 5.56 Å². The van der Waals surface area contributed by atoms with Crippen LogP contribution in [0.15, 0.2) is 48.8 Å². The van der Waals surface area contributed by atoms with Gasteiger partial charge in [-0.3, -0.25) is 0 Å². The lowest BCUT2D eigenvalue weighted by atomic mass is 10.2. The number of anilines is 1. The number of nitrogens with one attached hydrogen (secondary N) is 1. The molecule has 2 aromatic heterocycles. The van der Waals surface area contributed by atoms with Crippen molar-refractivity contribution in [3.63, 3.8) is 0 Å². The van der Waals surface area contributed by atoms with Gasteiger partial charge in [0.25, 0.3) is 0 Å². The quantitative estimate of drug-likeness (QED) is 0.786. The van der Waals surface area contributed by atoms with Gasteiger partial charge in [-0.05, 0) is 17.7 Å². The van der Waals surface area contributed by atoms with E-state index in [1.807, 2.05) is 36.4 Å². The molecule has 1 N–H and O–H groups in total. The molecule has 0 saturated heterocycles. The predicted octanol–water partition coefficient (Wildman–Crippen LogP) is 2.65. The molecule has 2 heterocycles. The number of fused-ring (bicyclic) bond motifs is 1. The predicted molar refractivity (Wildman–Crippen MR) is 77.7 cm³/mol. The van der Waals surface area contributed by atoms with Gasteiger partial charge in [0.1, 0.15) is 0 Å². The summed E-state index contributed by atoms with van der Waals surface area (Å²) in [5.41, 5.74) is 2.94. The molecule has 20 heavy (non-hydrogen) atoms. The number of rotatable bonds is 4. The van der Waals surface area contributed by atoms with Gasteiger partial charge in [0.2, 0.25) is 5.88 Å². The van der Waals surface area contributed by atoms with E-state index in [2.05, 4.69) is 20.5 Å². The Hall–Kier alpha value is -2.69. The van der Waals surface area contributed by atoms with Gasteiger partial charge in [0.05, 0.1) is 24.5 Å². The standard InChI is InChI=1S/C15H14N4O/c1-20-15-8-11(6-7-16-15)9-17-14-10-18-19-13-5-3-2-4-12(13)14/h2-8,10H,9H2,1H3,(H,17,19). The SMILES string of the molecule is COc1cc(CNc2cnnc3ccccc23)ccn1. The second-order valence-corrected chi connectivity index (χ2v) is 4.34. The van der Waals surface area contributed by atoms with Gasteiger partial charge in [-0.2, -0.15) is 10.2 Å². The normalized spacial score (nSPS) is 10.4. The number of benzene rings is 1. The highest BCUT2D eigenvalue weighted by Crippen LogP contribution is 2.20. The van der Waals surface area contributed by atoms with Crippen LogP contribution in [0.2, 0.25) is 0 Å². The highest BCUT2D eigenvalue weighted by Gasteiger charge is 2.02. The van der Waals surface area contributed by atoms with E-state index in [1.54, 1.807) is 19.5 Å². The Labute approximate surface area is 116 Å². The first-order chi connectivity index (χ1) is 9.86. The van der Waals surface area contributed by atoms with Crippen molar-refractivity contribution in [3.05, 3.63) is 54.4 Å². The van der Waals surface area contributed by atoms with Crippen LogP contribution in [0.4, 0.5) is 5.69 Å². The van der Waals surface area contributed by atoms with Gasteiger partial charge in [0, 0.05) is 24.2 Å². The molecule has 0 aliphatic carbocycles. The molecular formula is C15H14N4O. The Bertz CT molecular complexity index is 724. The molecule has 5 heteroatoms. The number of methoxy groups -OCH3 is 1. The van der Waals surface area contributed by atoms with Gasteiger partial charge in [-0.1, -0.05) is 18.2 Å². The van der Waals surface area contributed by atoms with Crippen LogP contribution in [-0.2, 0) is 6.54 Å². The fraction of sp³-hybridized carbons (Fsp3) is 0.133. The van der Waals surface area contributed by atoms with Crippen LogP contribution in [0, 0.1) is 0 Å². The molecule has 0 bridgehead atoms. The van der Waals surface area contributed by atoms with E-state index in [-0.39, 0.29) is 0 Å². The molecule has 0 amide bonds. The van der Waals surface area contributed by atoms with Crippen molar-refractivity contribution < 1.29 is 4.74 Å². The minimum atomic E-state index is 0.613. The first kappa shape index (κ1) is 12.3. The number of pyridine rings is 1. The minimum absolute atomic E-state index is 0.613. The van der Waals surface area contributed by atoms with Crippen molar-refractivity contribution in [1.82, 2.24) is 15.2 Å². The third kappa shape index (κ3) is 2.51. The van der Waals surface area contributed by atoms with E-state index in [0.717, 1.165) is 22.2 Å². The number of nitrogens with zero attached hydrogens (tertiary/aromatic N) is 3. The summed E-state index contributed by atoms with van der Waals surface area (Å²) in [6.45, 7) is 0.675. The second-order valence-electron chi connectivity index (χ2n) is 4.34.